The lowest BCUT2D eigenvalue weighted by Gasteiger charge is -2.16. The van der Waals surface area contributed by atoms with Gasteiger partial charge in [-0.3, -0.25) is 14.0 Å². The second-order valence-electron chi connectivity index (χ2n) is 8.01. The van der Waals surface area contributed by atoms with Crippen molar-refractivity contribution in [3.63, 3.8) is 0 Å². The fourth-order valence-electron chi connectivity index (χ4n) is 3.83. The Morgan fingerprint density at radius 3 is 2.51 bits per heavy atom. The molecule has 0 radical (unpaired) electrons. The standard InChI is InChI=1S/C25H16F5N5O2/c1-37-15-5-6-21(17(10-15)25(28,29)30)35-8-7-14(9-22(35)36)12-34-13-20-19(11-31-34)32-24(33-20)16-3-2-4-18(26)23(16)27/h2-11,13H,12H2,1H3. The highest BCUT2D eigenvalue weighted by atomic mass is 19.4. The molecule has 0 fully saturated rings. The number of benzene rings is 2. The molecule has 0 saturated carbocycles. The lowest BCUT2D eigenvalue weighted by molar-refractivity contribution is -0.137. The van der Waals surface area contributed by atoms with Gasteiger partial charge in [0.1, 0.15) is 17.1 Å². The number of rotatable bonds is 5. The first-order valence-corrected chi connectivity index (χ1v) is 10.8. The third-order valence-electron chi connectivity index (χ3n) is 5.60. The van der Waals surface area contributed by atoms with Gasteiger partial charge in [0, 0.05) is 12.3 Å². The zero-order valence-electron chi connectivity index (χ0n) is 19.0. The number of methoxy groups -OCH3 is 1. The van der Waals surface area contributed by atoms with Crippen LogP contribution in [-0.4, -0.2) is 31.4 Å². The molecule has 0 atom stereocenters. The van der Waals surface area contributed by atoms with Gasteiger partial charge < -0.3 is 4.74 Å². The number of ether oxygens (including phenoxy) is 1. The summed E-state index contributed by atoms with van der Waals surface area (Å²) in [5.74, 6) is -2.08. The van der Waals surface area contributed by atoms with Crippen molar-refractivity contribution in [2.45, 2.75) is 12.7 Å². The number of nitrogens with zero attached hydrogens (tertiary/aromatic N) is 5. The minimum absolute atomic E-state index is 0.00546. The largest absolute Gasteiger partial charge is 0.497 e. The zero-order chi connectivity index (χ0) is 26.3. The molecule has 7 nitrogen and oxygen atoms in total. The monoisotopic (exact) mass is 513 g/mol. The van der Waals surface area contributed by atoms with E-state index >= 15 is 0 Å². The summed E-state index contributed by atoms with van der Waals surface area (Å²) in [6, 6.07) is 9.72. The number of halogens is 5. The van der Waals surface area contributed by atoms with Gasteiger partial charge in [0.2, 0.25) is 0 Å². The van der Waals surface area contributed by atoms with E-state index in [1.165, 1.54) is 66.8 Å². The Labute approximate surface area is 205 Å². The van der Waals surface area contributed by atoms with Crippen molar-refractivity contribution in [3.05, 3.63) is 100 Å². The van der Waals surface area contributed by atoms with Crippen molar-refractivity contribution in [1.82, 2.24) is 24.3 Å². The smallest absolute Gasteiger partial charge is 0.418 e. The lowest BCUT2D eigenvalue weighted by Crippen LogP contribution is -2.21. The Balaban J connectivity index is 1.45. The Bertz CT molecular complexity index is 1640. The van der Waals surface area contributed by atoms with Crippen LogP contribution >= 0.6 is 0 Å². The summed E-state index contributed by atoms with van der Waals surface area (Å²) in [5.41, 5.74) is -0.935. The van der Waals surface area contributed by atoms with Gasteiger partial charge in [-0.2, -0.15) is 18.3 Å². The highest BCUT2D eigenvalue weighted by Crippen LogP contribution is 2.36. The minimum atomic E-state index is -4.70. The number of imidazole rings is 1. The lowest BCUT2D eigenvalue weighted by atomic mass is 10.1. The van der Waals surface area contributed by atoms with Crippen LogP contribution in [0.2, 0.25) is 0 Å². The van der Waals surface area contributed by atoms with Gasteiger partial charge in [0.05, 0.1) is 42.9 Å². The van der Waals surface area contributed by atoms with Crippen LogP contribution in [0.5, 0.6) is 5.75 Å². The second-order valence-corrected chi connectivity index (χ2v) is 8.01. The van der Waals surface area contributed by atoms with Crippen LogP contribution in [0.15, 0.2) is 71.9 Å². The molecule has 37 heavy (non-hydrogen) atoms. The molecule has 2 aliphatic rings. The predicted octanol–water partition coefficient (Wildman–Crippen LogP) is 4.95. The van der Waals surface area contributed by atoms with E-state index in [9.17, 15) is 26.7 Å². The zero-order valence-corrected chi connectivity index (χ0v) is 19.0. The van der Waals surface area contributed by atoms with E-state index in [0.717, 1.165) is 16.7 Å². The number of aromatic nitrogens is 5. The van der Waals surface area contributed by atoms with E-state index in [2.05, 4.69) is 15.1 Å². The van der Waals surface area contributed by atoms with Crippen molar-refractivity contribution in [2.24, 2.45) is 0 Å². The number of pyridine rings is 1. The summed E-state index contributed by atoms with van der Waals surface area (Å²) in [6.45, 7) is 0.0945. The number of alkyl halides is 3. The molecule has 0 aliphatic carbocycles. The van der Waals surface area contributed by atoms with Gasteiger partial charge in [0.25, 0.3) is 5.56 Å². The average Bonchev–Trinajstić information content (AvgIpc) is 3.28. The van der Waals surface area contributed by atoms with Crippen molar-refractivity contribution in [2.75, 3.05) is 7.11 Å². The second kappa shape index (κ2) is 9.12. The summed E-state index contributed by atoms with van der Waals surface area (Å²) in [6.07, 6.45) is -0.553. The minimum Gasteiger partial charge on any atom is -0.497 e. The Kier molecular flexibility index (Phi) is 5.94. The average molecular weight is 513 g/mol. The maximum atomic E-state index is 14.1. The fraction of sp³-hybridized carbons (Fsp3) is 0.120. The van der Waals surface area contributed by atoms with Crippen molar-refractivity contribution >= 4 is 0 Å². The molecule has 2 aromatic carbocycles. The van der Waals surface area contributed by atoms with Crippen LogP contribution < -0.4 is 10.3 Å². The molecular weight excluding hydrogens is 497 g/mol. The molecule has 2 aliphatic heterocycles. The molecule has 0 amide bonds. The van der Waals surface area contributed by atoms with Crippen LogP contribution in [0.3, 0.4) is 0 Å². The molecule has 0 spiro atoms. The third-order valence-corrected chi connectivity index (χ3v) is 5.60. The van der Waals surface area contributed by atoms with Crippen molar-refractivity contribution in [1.29, 1.82) is 0 Å². The first-order valence-electron chi connectivity index (χ1n) is 10.8. The first-order chi connectivity index (χ1) is 17.6. The molecule has 0 N–H and O–H groups in total. The molecule has 0 saturated heterocycles. The van der Waals surface area contributed by atoms with Gasteiger partial charge in [-0.15, -0.1) is 0 Å². The van der Waals surface area contributed by atoms with Gasteiger partial charge in [-0.05, 0) is 42.0 Å². The van der Waals surface area contributed by atoms with Crippen molar-refractivity contribution in [3.8, 4) is 34.2 Å². The molecule has 3 heterocycles. The van der Waals surface area contributed by atoms with Crippen molar-refractivity contribution < 1.29 is 26.7 Å². The predicted molar refractivity (Wildman–Crippen MR) is 122 cm³/mol. The van der Waals surface area contributed by atoms with Crippen LogP contribution in [0, 0.1) is 11.6 Å². The van der Waals surface area contributed by atoms with Gasteiger partial charge in [-0.25, -0.2) is 18.7 Å². The number of hydrogen-bond donors (Lipinski definition) is 0. The van der Waals surface area contributed by atoms with Gasteiger partial charge in [0.15, 0.2) is 17.5 Å². The highest BCUT2D eigenvalue weighted by molar-refractivity contribution is 5.65. The van der Waals surface area contributed by atoms with E-state index < -0.39 is 28.9 Å². The molecule has 5 rings (SSSR count). The van der Waals surface area contributed by atoms with E-state index in [4.69, 9.17) is 4.74 Å². The van der Waals surface area contributed by atoms with E-state index in [1.807, 2.05) is 0 Å². The molecule has 1 aromatic heterocycles. The molecule has 0 unspecified atom stereocenters. The summed E-state index contributed by atoms with van der Waals surface area (Å²) < 4.78 is 75.7. The third kappa shape index (κ3) is 4.65. The Morgan fingerprint density at radius 2 is 1.78 bits per heavy atom. The molecule has 12 heteroatoms. The number of fused-ring (bicyclic) bond motifs is 1. The maximum Gasteiger partial charge on any atom is 0.418 e. The molecule has 3 aromatic rings. The SMILES string of the molecule is COc1ccc(-n2ccc(Cn3cc4nc(-c5cccc(F)c5F)nc-4cn3)cc2=O)c(C(F)(F)F)c1. The highest BCUT2D eigenvalue weighted by Gasteiger charge is 2.34. The normalized spacial score (nSPS) is 11.7. The van der Waals surface area contributed by atoms with Crippen LogP contribution in [0.4, 0.5) is 22.0 Å². The van der Waals surface area contributed by atoms with Crippen LogP contribution in [0.25, 0.3) is 28.5 Å². The summed E-state index contributed by atoms with van der Waals surface area (Å²) in [4.78, 5) is 21.2. The summed E-state index contributed by atoms with van der Waals surface area (Å²) in [7, 11) is 1.25. The van der Waals surface area contributed by atoms with E-state index in [1.54, 1.807) is 0 Å². The van der Waals surface area contributed by atoms with E-state index in [0.29, 0.717) is 17.0 Å². The molecular formula is C25H16F5N5O2. The number of hydrogen-bond acceptors (Lipinski definition) is 5. The molecule has 188 valence electrons. The summed E-state index contributed by atoms with van der Waals surface area (Å²) >= 11 is 0. The molecule has 0 bridgehead atoms. The maximum absolute atomic E-state index is 14.1. The Morgan fingerprint density at radius 1 is 1.00 bits per heavy atom. The fourth-order valence-corrected chi connectivity index (χ4v) is 3.83. The van der Waals surface area contributed by atoms with Gasteiger partial charge in [-0.1, -0.05) is 6.07 Å². The topological polar surface area (TPSA) is 74.8 Å². The summed E-state index contributed by atoms with van der Waals surface area (Å²) in [5, 5.41) is 4.20. The first kappa shape index (κ1) is 24.1. The Hall–Kier alpha value is -4.61. The quantitative estimate of drug-likeness (QED) is 0.311. The van der Waals surface area contributed by atoms with Gasteiger partial charge >= 0.3 is 6.18 Å². The van der Waals surface area contributed by atoms with Crippen LogP contribution in [0.1, 0.15) is 11.1 Å². The van der Waals surface area contributed by atoms with E-state index in [-0.39, 0.29) is 29.4 Å². The van der Waals surface area contributed by atoms with Crippen LogP contribution in [-0.2, 0) is 12.7 Å².